The molecule has 8 nitrogen and oxygen atoms in total. The van der Waals surface area contributed by atoms with Gasteiger partial charge in [0, 0.05) is 13.0 Å². The van der Waals surface area contributed by atoms with E-state index in [4.69, 9.17) is 9.84 Å². The maximum Gasteiger partial charge on any atom is 0.310 e. The average molecular weight is 273 g/mol. The average Bonchev–Trinajstić information content (AvgIpc) is 2.82. The Kier molecular flexibility index (Phi) is 5.71. The number of hydrazine groups is 1. The van der Waals surface area contributed by atoms with Crippen LogP contribution in [-0.2, 0) is 19.1 Å². The molecule has 2 atom stereocenters. The van der Waals surface area contributed by atoms with Crippen LogP contribution in [0.25, 0.3) is 0 Å². The van der Waals surface area contributed by atoms with E-state index in [9.17, 15) is 14.4 Å². The van der Waals surface area contributed by atoms with E-state index in [0.717, 1.165) is 0 Å². The molecule has 0 radical (unpaired) electrons. The molecule has 1 aliphatic rings. The molecular weight excluding hydrogens is 254 g/mol. The molecule has 1 rings (SSSR count). The van der Waals surface area contributed by atoms with Crippen LogP contribution in [0.2, 0.25) is 0 Å². The van der Waals surface area contributed by atoms with Gasteiger partial charge >= 0.3 is 5.97 Å². The van der Waals surface area contributed by atoms with Crippen molar-refractivity contribution >= 4 is 17.8 Å². The second-order valence-corrected chi connectivity index (χ2v) is 4.34. The Bertz CT molecular complexity index is 360. The summed E-state index contributed by atoms with van der Waals surface area (Å²) in [6, 6.07) is -0.328. The zero-order valence-corrected chi connectivity index (χ0v) is 11.0. The highest BCUT2D eigenvalue weighted by Crippen LogP contribution is 2.19. The monoisotopic (exact) mass is 273 g/mol. The molecule has 2 amide bonds. The number of carbonyl (C=O) groups excluding carboxylic acids is 2. The maximum atomic E-state index is 11.6. The molecule has 1 heterocycles. The summed E-state index contributed by atoms with van der Waals surface area (Å²) < 4.78 is 5.17. The normalized spacial score (nSPS) is 22.3. The lowest BCUT2D eigenvalue weighted by molar-refractivity contribution is -0.143. The van der Waals surface area contributed by atoms with E-state index < -0.39 is 17.8 Å². The maximum absolute atomic E-state index is 11.6. The topological polar surface area (TPSA) is 108 Å². The van der Waals surface area contributed by atoms with Crippen molar-refractivity contribution in [1.82, 2.24) is 15.8 Å². The highest BCUT2D eigenvalue weighted by molar-refractivity contribution is 5.82. The molecule has 8 heteroatoms. The van der Waals surface area contributed by atoms with Gasteiger partial charge in [-0.25, -0.2) is 0 Å². The van der Waals surface area contributed by atoms with Crippen LogP contribution in [-0.4, -0.2) is 60.1 Å². The van der Waals surface area contributed by atoms with E-state index in [-0.39, 0.29) is 31.7 Å². The fourth-order valence-corrected chi connectivity index (χ4v) is 1.98. The summed E-state index contributed by atoms with van der Waals surface area (Å²) in [6.07, 6.45) is 0. The Labute approximate surface area is 111 Å². The molecule has 0 spiro atoms. The number of hydrogen-bond acceptors (Lipinski definition) is 5. The van der Waals surface area contributed by atoms with Gasteiger partial charge in [-0.3, -0.25) is 30.1 Å². The first kappa shape index (κ1) is 15.4. The van der Waals surface area contributed by atoms with Crippen LogP contribution in [0.5, 0.6) is 0 Å². The van der Waals surface area contributed by atoms with Crippen molar-refractivity contribution in [3.63, 3.8) is 0 Å². The Morgan fingerprint density at radius 1 is 1.32 bits per heavy atom. The van der Waals surface area contributed by atoms with Gasteiger partial charge in [0.25, 0.3) is 5.91 Å². The van der Waals surface area contributed by atoms with Crippen LogP contribution in [0, 0.1) is 5.92 Å². The molecule has 19 heavy (non-hydrogen) atoms. The third-order valence-corrected chi connectivity index (χ3v) is 2.97. The van der Waals surface area contributed by atoms with Crippen molar-refractivity contribution in [2.75, 3.05) is 26.3 Å². The first-order valence-corrected chi connectivity index (χ1v) is 6.05. The van der Waals surface area contributed by atoms with Crippen molar-refractivity contribution in [3.8, 4) is 0 Å². The van der Waals surface area contributed by atoms with Crippen LogP contribution in [0.1, 0.15) is 13.8 Å². The number of carbonyl (C=O) groups is 3. The number of nitrogens with one attached hydrogen (secondary N) is 2. The molecule has 0 bridgehead atoms. The number of rotatable bonds is 5. The summed E-state index contributed by atoms with van der Waals surface area (Å²) in [5.74, 6) is -2.33. The lowest BCUT2D eigenvalue weighted by Gasteiger charge is -2.28. The highest BCUT2D eigenvalue weighted by Gasteiger charge is 2.37. The third-order valence-electron chi connectivity index (χ3n) is 2.97. The third kappa shape index (κ3) is 4.49. The Morgan fingerprint density at radius 3 is 2.53 bits per heavy atom. The Balaban J connectivity index is 2.55. The number of ether oxygens (including phenoxy) is 1. The summed E-state index contributed by atoms with van der Waals surface area (Å²) in [5, 5.41) is 9.07. The Morgan fingerprint density at radius 2 is 2.00 bits per heavy atom. The fourth-order valence-electron chi connectivity index (χ4n) is 1.98. The summed E-state index contributed by atoms with van der Waals surface area (Å²) in [4.78, 5) is 35.1. The van der Waals surface area contributed by atoms with Crippen LogP contribution >= 0.6 is 0 Å². The number of likely N-dealkylation sites (N-methyl/N-ethyl adjacent to an activating group) is 1. The molecule has 2 unspecified atom stereocenters. The molecule has 0 aromatic rings. The number of carboxylic acids is 1. The van der Waals surface area contributed by atoms with Gasteiger partial charge in [0.05, 0.1) is 25.7 Å². The number of carboxylic acid groups (broad SMARTS) is 1. The van der Waals surface area contributed by atoms with E-state index in [1.807, 2.05) is 6.92 Å². The molecule has 0 aromatic carbocycles. The summed E-state index contributed by atoms with van der Waals surface area (Å²) >= 11 is 0. The lowest BCUT2D eigenvalue weighted by Crippen LogP contribution is -2.50. The van der Waals surface area contributed by atoms with Crippen LogP contribution in [0.3, 0.4) is 0 Å². The number of aliphatic carboxylic acids is 1. The van der Waals surface area contributed by atoms with Gasteiger partial charge in [0.1, 0.15) is 0 Å². The van der Waals surface area contributed by atoms with E-state index in [1.54, 1.807) is 4.90 Å². The van der Waals surface area contributed by atoms with Crippen molar-refractivity contribution in [3.05, 3.63) is 0 Å². The summed E-state index contributed by atoms with van der Waals surface area (Å²) in [7, 11) is 0. The molecule has 0 saturated carbocycles. The number of amides is 2. The van der Waals surface area contributed by atoms with Crippen molar-refractivity contribution in [2.45, 2.75) is 19.9 Å². The molecule has 3 N–H and O–H groups in total. The molecule has 0 aromatic heterocycles. The van der Waals surface area contributed by atoms with Gasteiger partial charge in [-0.2, -0.15) is 0 Å². The van der Waals surface area contributed by atoms with Gasteiger partial charge in [-0.1, -0.05) is 6.92 Å². The smallest absolute Gasteiger partial charge is 0.310 e. The minimum Gasteiger partial charge on any atom is -0.481 e. The van der Waals surface area contributed by atoms with E-state index in [0.29, 0.717) is 6.54 Å². The number of hydrogen-bond donors (Lipinski definition) is 3. The Hall–Kier alpha value is -1.67. The summed E-state index contributed by atoms with van der Waals surface area (Å²) in [6.45, 7) is 4.09. The molecule has 1 aliphatic heterocycles. The number of nitrogens with zero attached hydrogens (tertiary/aromatic N) is 1. The van der Waals surface area contributed by atoms with Crippen molar-refractivity contribution in [1.29, 1.82) is 0 Å². The minimum absolute atomic E-state index is 0.00852. The predicted octanol–water partition coefficient (Wildman–Crippen LogP) is -1.42. The molecule has 0 aliphatic carbocycles. The first-order chi connectivity index (χ1) is 8.95. The van der Waals surface area contributed by atoms with Gasteiger partial charge in [0.15, 0.2) is 0 Å². The molecule has 1 saturated heterocycles. The zero-order valence-electron chi connectivity index (χ0n) is 11.0. The fraction of sp³-hybridized carbons (Fsp3) is 0.727. The summed E-state index contributed by atoms with van der Waals surface area (Å²) in [5.41, 5.74) is 4.43. The minimum atomic E-state index is -0.928. The quantitative estimate of drug-likeness (QED) is 0.530. The predicted molar refractivity (Wildman–Crippen MR) is 64.9 cm³/mol. The van der Waals surface area contributed by atoms with Crippen LogP contribution in [0.15, 0.2) is 0 Å². The van der Waals surface area contributed by atoms with Crippen LogP contribution in [0.4, 0.5) is 0 Å². The van der Waals surface area contributed by atoms with Gasteiger partial charge < -0.3 is 9.84 Å². The van der Waals surface area contributed by atoms with Crippen molar-refractivity contribution < 1.29 is 24.2 Å². The van der Waals surface area contributed by atoms with E-state index in [1.165, 1.54) is 6.92 Å². The SMILES string of the molecule is CCN(CC(=O)NNC(C)=O)C1COCC1C(=O)O. The van der Waals surface area contributed by atoms with E-state index in [2.05, 4.69) is 10.9 Å². The zero-order chi connectivity index (χ0) is 14.4. The van der Waals surface area contributed by atoms with Crippen molar-refractivity contribution in [2.24, 2.45) is 5.92 Å². The van der Waals surface area contributed by atoms with Gasteiger partial charge in [-0.05, 0) is 6.54 Å². The molecule has 1 fully saturated rings. The highest BCUT2D eigenvalue weighted by atomic mass is 16.5. The standard InChI is InChI=1S/C11H19N3O5/c1-3-14(4-10(16)13-12-7(2)15)9-6-19-5-8(9)11(17)18/h8-9H,3-6H2,1-2H3,(H,12,15)(H,13,16)(H,17,18). The van der Waals surface area contributed by atoms with E-state index >= 15 is 0 Å². The second kappa shape index (κ2) is 7.05. The molecule has 108 valence electrons. The first-order valence-electron chi connectivity index (χ1n) is 6.05. The molecular formula is C11H19N3O5. The largest absolute Gasteiger partial charge is 0.481 e. The van der Waals surface area contributed by atoms with Gasteiger partial charge in [0.2, 0.25) is 5.91 Å². The lowest BCUT2D eigenvalue weighted by atomic mass is 10.0. The van der Waals surface area contributed by atoms with Crippen LogP contribution < -0.4 is 10.9 Å². The van der Waals surface area contributed by atoms with Gasteiger partial charge in [-0.15, -0.1) is 0 Å². The second-order valence-electron chi connectivity index (χ2n) is 4.34.